The first kappa shape index (κ1) is 17.7. The van der Waals surface area contributed by atoms with E-state index in [1.807, 2.05) is 12.1 Å². The van der Waals surface area contributed by atoms with Crippen molar-refractivity contribution in [3.8, 4) is 17.1 Å². The van der Waals surface area contributed by atoms with Crippen molar-refractivity contribution in [1.29, 1.82) is 0 Å². The number of aromatic amines is 1. The number of nitrogens with zero attached hydrogens (tertiary/aromatic N) is 2. The Morgan fingerprint density at radius 2 is 1.69 bits per heavy atom. The van der Waals surface area contributed by atoms with Crippen molar-refractivity contribution in [2.24, 2.45) is 0 Å². The monoisotopic (exact) mass is 350 g/mol. The molecule has 0 spiro atoms. The maximum absolute atomic E-state index is 12.3. The number of benzene rings is 2. The molecule has 0 atom stereocenters. The summed E-state index contributed by atoms with van der Waals surface area (Å²) in [5.74, 6) is 1.26. The van der Waals surface area contributed by atoms with E-state index in [1.165, 1.54) is 5.56 Å². The van der Waals surface area contributed by atoms with Crippen LogP contribution in [0.5, 0.6) is 5.75 Å². The summed E-state index contributed by atoms with van der Waals surface area (Å²) >= 11 is 0. The van der Waals surface area contributed by atoms with Crippen LogP contribution in [0.15, 0.2) is 48.5 Å². The summed E-state index contributed by atoms with van der Waals surface area (Å²) in [6, 6.07) is 15.0. The van der Waals surface area contributed by atoms with Crippen LogP contribution in [0.2, 0.25) is 0 Å². The minimum atomic E-state index is -0.277. The summed E-state index contributed by atoms with van der Waals surface area (Å²) in [5.41, 5.74) is 2.76. The Labute approximate surface area is 152 Å². The standard InChI is InChI=1S/C20H22N4O2/c1-20(2,3)15-9-5-13(6-10-15)17-21-19(24-23-17)22-18(25)14-7-11-16(26-4)12-8-14/h5-12H,1-4H3,(H2,21,22,23,24,25). The van der Waals surface area contributed by atoms with Crippen LogP contribution >= 0.6 is 0 Å². The predicted molar refractivity (Wildman–Crippen MR) is 101 cm³/mol. The number of hydrogen-bond donors (Lipinski definition) is 2. The second kappa shape index (κ2) is 7.00. The molecule has 26 heavy (non-hydrogen) atoms. The van der Waals surface area contributed by atoms with Crippen LogP contribution in [0, 0.1) is 0 Å². The third kappa shape index (κ3) is 3.91. The maximum Gasteiger partial charge on any atom is 0.258 e. The number of hydrogen-bond acceptors (Lipinski definition) is 4. The number of aromatic nitrogens is 3. The third-order valence-electron chi connectivity index (χ3n) is 4.09. The largest absolute Gasteiger partial charge is 0.497 e. The number of methoxy groups -OCH3 is 1. The highest BCUT2D eigenvalue weighted by Crippen LogP contribution is 2.25. The summed E-state index contributed by atoms with van der Waals surface area (Å²) in [5, 5.41) is 9.62. The highest BCUT2D eigenvalue weighted by Gasteiger charge is 2.14. The first-order chi connectivity index (χ1) is 12.4. The van der Waals surface area contributed by atoms with Gasteiger partial charge >= 0.3 is 0 Å². The van der Waals surface area contributed by atoms with Crippen molar-refractivity contribution in [3.05, 3.63) is 59.7 Å². The molecule has 0 saturated carbocycles. The van der Waals surface area contributed by atoms with Crippen molar-refractivity contribution >= 4 is 11.9 Å². The molecule has 1 heterocycles. The quantitative estimate of drug-likeness (QED) is 0.744. The van der Waals surface area contributed by atoms with Gasteiger partial charge in [0.15, 0.2) is 5.82 Å². The Bertz CT molecular complexity index is 891. The number of amides is 1. The van der Waals surface area contributed by atoms with Gasteiger partial charge in [-0.25, -0.2) is 0 Å². The molecule has 3 rings (SSSR count). The molecule has 1 amide bonds. The second-order valence-electron chi connectivity index (χ2n) is 7.02. The Hall–Kier alpha value is -3.15. The number of carbonyl (C=O) groups excluding carboxylic acids is 1. The van der Waals surface area contributed by atoms with Gasteiger partial charge in [-0.05, 0) is 35.2 Å². The molecule has 0 unspecified atom stereocenters. The lowest BCUT2D eigenvalue weighted by Crippen LogP contribution is -2.12. The number of rotatable bonds is 4. The minimum Gasteiger partial charge on any atom is -0.497 e. The van der Waals surface area contributed by atoms with E-state index in [4.69, 9.17) is 4.74 Å². The molecule has 1 aromatic heterocycles. The number of nitrogens with one attached hydrogen (secondary N) is 2. The van der Waals surface area contributed by atoms with Crippen LogP contribution in [-0.2, 0) is 5.41 Å². The van der Waals surface area contributed by atoms with Gasteiger partial charge in [-0.3, -0.25) is 15.2 Å². The molecule has 2 N–H and O–H groups in total. The van der Waals surface area contributed by atoms with E-state index in [0.29, 0.717) is 17.1 Å². The van der Waals surface area contributed by atoms with Gasteiger partial charge in [0, 0.05) is 11.1 Å². The fraction of sp³-hybridized carbons (Fsp3) is 0.250. The van der Waals surface area contributed by atoms with Gasteiger partial charge < -0.3 is 4.74 Å². The van der Waals surface area contributed by atoms with Gasteiger partial charge in [-0.1, -0.05) is 45.0 Å². The van der Waals surface area contributed by atoms with Crippen molar-refractivity contribution in [2.75, 3.05) is 12.4 Å². The van der Waals surface area contributed by atoms with Gasteiger partial charge in [0.2, 0.25) is 5.95 Å². The highest BCUT2D eigenvalue weighted by molar-refractivity contribution is 6.03. The molecular formula is C20H22N4O2. The number of H-pyrrole nitrogens is 1. The SMILES string of the molecule is COc1ccc(C(=O)Nc2n[nH]c(-c3ccc(C(C)(C)C)cc3)n2)cc1. The van der Waals surface area contributed by atoms with E-state index in [-0.39, 0.29) is 17.3 Å². The zero-order valence-electron chi connectivity index (χ0n) is 15.3. The minimum absolute atomic E-state index is 0.0947. The fourth-order valence-corrected chi connectivity index (χ4v) is 2.49. The topological polar surface area (TPSA) is 79.9 Å². The van der Waals surface area contributed by atoms with E-state index >= 15 is 0 Å². The Morgan fingerprint density at radius 1 is 1.04 bits per heavy atom. The molecule has 0 radical (unpaired) electrons. The first-order valence-electron chi connectivity index (χ1n) is 8.35. The van der Waals surface area contributed by atoms with Gasteiger partial charge in [0.25, 0.3) is 5.91 Å². The van der Waals surface area contributed by atoms with Crippen LogP contribution in [0.25, 0.3) is 11.4 Å². The van der Waals surface area contributed by atoms with Gasteiger partial charge in [0.05, 0.1) is 7.11 Å². The number of carbonyl (C=O) groups is 1. The van der Waals surface area contributed by atoms with Crippen LogP contribution in [0.3, 0.4) is 0 Å². The summed E-state index contributed by atoms with van der Waals surface area (Å²) in [4.78, 5) is 16.6. The van der Waals surface area contributed by atoms with Crippen molar-refractivity contribution in [2.45, 2.75) is 26.2 Å². The van der Waals surface area contributed by atoms with E-state index in [9.17, 15) is 4.79 Å². The molecule has 3 aromatic rings. The summed E-state index contributed by atoms with van der Waals surface area (Å²) in [7, 11) is 1.58. The predicted octanol–water partition coefficient (Wildman–Crippen LogP) is 4.03. The third-order valence-corrected chi connectivity index (χ3v) is 4.09. The lowest BCUT2D eigenvalue weighted by Gasteiger charge is -2.18. The molecule has 0 aliphatic rings. The fourth-order valence-electron chi connectivity index (χ4n) is 2.49. The Kier molecular flexibility index (Phi) is 4.75. The lowest BCUT2D eigenvalue weighted by atomic mass is 9.87. The average Bonchev–Trinajstić information content (AvgIpc) is 3.09. The van der Waals surface area contributed by atoms with E-state index in [0.717, 1.165) is 5.56 Å². The zero-order valence-corrected chi connectivity index (χ0v) is 15.3. The van der Waals surface area contributed by atoms with Gasteiger partial charge in [-0.15, -0.1) is 5.10 Å². The van der Waals surface area contributed by atoms with E-state index in [1.54, 1.807) is 31.4 Å². The second-order valence-corrected chi connectivity index (χ2v) is 7.02. The lowest BCUT2D eigenvalue weighted by molar-refractivity contribution is 0.102. The molecule has 0 fully saturated rings. The molecule has 0 bridgehead atoms. The summed E-state index contributed by atoms with van der Waals surface area (Å²) in [6.07, 6.45) is 0. The molecule has 0 saturated heterocycles. The Morgan fingerprint density at radius 3 is 2.27 bits per heavy atom. The van der Waals surface area contributed by atoms with Crippen molar-refractivity contribution in [3.63, 3.8) is 0 Å². The molecule has 0 aliphatic heterocycles. The molecule has 134 valence electrons. The highest BCUT2D eigenvalue weighted by atomic mass is 16.5. The van der Waals surface area contributed by atoms with Crippen molar-refractivity contribution < 1.29 is 9.53 Å². The number of anilines is 1. The van der Waals surface area contributed by atoms with Crippen LogP contribution in [-0.4, -0.2) is 28.2 Å². The first-order valence-corrected chi connectivity index (χ1v) is 8.35. The normalized spacial score (nSPS) is 11.2. The van der Waals surface area contributed by atoms with E-state index < -0.39 is 0 Å². The maximum atomic E-state index is 12.3. The number of ether oxygens (including phenoxy) is 1. The van der Waals surface area contributed by atoms with Crippen LogP contribution in [0.1, 0.15) is 36.7 Å². The smallest absolute Gasteiger partial charge is 0.258 e. The van der Waals surface area contributed by atoms with Gasteiger partial charge in [0.1, 0.15) is 5.75 Å². The molecule has 6 nitrogen and oxygen atoms in total. The van der Waals surface area contributed by atoms with E-state index in [2.05, 4.69) is 53.4 Å². The Balaban J connectivity index is 1.72. The molecular weight excluding hydrogens is 328 g/mol. The summed E-state index contributed by atoms with van der Waals surface area (Å²) in [6.45, 7) is 6.51. The average molecular weight is 350 g/mol. The molecule has 2 aromatic carbocycles. The van der Waals surface area contributed by atoms with Crippen LogP contribution < -0.4 is 10.1 Å². The van der Waals surface area contributed by atoms with Crippen LogP contribution in [0.4, 0.5) is 5.95 Å². The zero-order chi connectivity index (χ0) is 18.7. The van der Waals surface area contributed by atoms with Gasteiger partial charge in [-0.2, -0.15) is 4.98 Å². The molecule has 6 heteroatoms. The van der Waals surface area contributed by atoms with Crippen molar-refractivity contribution in [1.82, 2.24) is 15.2 Å². The summed E-state index contributed by atoms with van der Waals surface area (Å²) < 4.78 is 5.09. The molecule has 0 aliphatic carbocycles.